The summed E-state index contributed by atoms with van der Waals surface area (Å²) in [6, 6.07) is 9.91. The molecule has 4 aromatic rings. The number of nitrogens with one attached hydrogen (secondary N) is 3. The second-order valence-electron chi connectivity index (χ2n) is 8.88. The lowest BCUT2D eigenvalue weighted by Gasteiger charge is -2.11. The minimum Gasteiger partial charge on any atom is -0.481 e. The molecule has 4 rings (SSSR count). The van der Waals surface area contributed by atoms with Gasteiger partial charge in [0.15, 0.2) is 5.82 Å². The van der Waals surface area contributed by atoms with Gasteiger partial charge in [-0.25, -0.2) is 22.2 Å². The van der Waals surface area contributed by atoms with Gasteiger partial charge in [-0.3, -0.25) is 19.1 Å². The number of carboxylic acid groups (broad SMARTS) is 1. The standard InChI is InChI=1S/C27H24F2N4O6S/c1-2-11-40(38,39)33-21-8-7-20(28)24(25(21)29)26(37)19-14-31-27-18(19)12-16(13-30-27)15-3-5-17(6-4-15)32-22(34)9-10-23(35)36/h3-8,12-14,33H,2,9-11H2,1H3,(H,30,31)(H,32,34)(H,35,36). The number of carbonyl (C=O) groups excluding carboxylic acids is 2. The van der Waals surface area contributed by atoms with Crippen LogP contribution in [0.3, 0.4) is 0 Å². The molecule has 2 aromatic carbocycles. The third-order valence-corrected chi connectivity index (χ3v) is 7.38. The molecule has 2 heterocycles. The number of aromatic amines is 1. The Morgan fingerprint density at radius 3 is 2.42 bits per heavy atom. The van der Waals surface area contributed by atoms with Gasteiger partial charge in [0.25, 0.3) is 0 Å². The average molecular weight is 571 g/mol. The number of hydrogen-bond donors (Lipinski definition) is 4. The van der Waals surface area contributed by atoms with E-state index in [1.165, 1.54) is 12.4 Å². The van der Waals surface area contributed by atoms with Gasteiger partial charge >= 0.3 is 5.97 Å². The first-order chi connectivity index (χ1) is 19.0. The fourth-order valence-corrected chi connectivity index (χ4v) is 5.13. The smallest absolute Gasteiger partial charge is 0.303 e. The molecule has 2 aromatic heterocycles. The number of ketones is 1. The largest absolute Gasteiger partial charge is 0.481 e. The number of aromatic nitrogens is 2. The van der Waals surface area contributed by atoms with Crippen LogP contribution in [0.25, 0.3) is 22.2 Å². The number of rotatable bonds is 11. The molecule has 10 nitrogen and oxygen atoms in total. The van der Waals surface area contributed by atoms with E-state index in [1.54, 1.807) is 37.3 Å². The van der Waals surface area contributed by atoms with Gasteiger partial charge in [0.2, 0.25) is 21.7 Å². The molecular formula is C27H24F2N4O6S. The summed E-state index contributed by atoms with van der Waals surface area (Å²) >= 11 is 0. The Morgan fingerprint density at radius 2 is 1.75 bits per heavy atom. The second-order valence-corrected chi connectivity index (χ2v) is 10.7. The first kappa shape index (κ1) is 28.4. The van der Waals surface area contributed by atoms with Gasteiger partial charge in [-0.05, 0) is 42.3 Å². The van der Waals surface area contributed by atoms with Crippen LogP contribution in [-0.2, 0) is 19.6 Å². The third kappa shape index (κ3) is 6.31. The number of anilines is 2. The molecular weight excluding hydrogens is 546 g/mol. The van der Waals surface area contributed by atoms with Gasteiger partial charge in [0.05, 0.1) is 23.4 Å². The Morgan fingerprint density at radius 1 is 1.02 bits per heavy atom. The Kier molecular flexibility index (Phi) is 8.24. The topological polar surface area (TPSA) is 158 Å². The molecule has 0 bridgehead atoms. The Hall–Kier alpha value is -4.65. The first-order valence-corrected chi connectivity index (χ1v) is 13.8. The van der Waals surface area contributed by atoms with E-state index in [1.807, 2.05) is 0 Å². The van der Waals surface area contributed by atoms with Gasteiger partial charge in [-0.15, -0.1) is 0 Å². The maximum absolute atomic E-state index is 15.2. The average Bonchev–Trinajstić information content (AvgIpc) is 3.33. The third-order valence-electron chi connectivity index (χ3n) is 5.90. The van der Waals surface area contributed by atoms with Crippen molar-refractivity contribution >= 4 is 50.1 Å². The Balaban J connectivity index is 1.63. The molecule has 0 radical (unpaired) electrons. The van der Waals surface area contributed by atoms with Gasteiger partial charge in [-0.1, -0.05) is 19.1 Å². The highest BCUT2D eigenvalue weighted by molar-refractivity contribution is 7.92. The van der Waals surface area contributed by atoms with Gasteiger partial charge in [0.1, 0.15) is 11.5 Å². The number of hydrogen-bond acceptors (Lipinski definition) is 6. The van der Waals surface area contributed by atoms with Crippen molar-refractivity contribution in [3.8, 4) is 11.1 Å². The number of aliphatic carboxylic acids is 1. The van der Waals surface area contributed by atoms with Gasteiger partial charge in [-0.2, -0.15) is 0 Å². The minimum absolute atomic E-state index is 0.0713. The van der Waals surface area contributed by atoms with Crippen molar-refractivity contribution in [2.75, 3.05) is 15.8 Å². The zero-order valence-corrected chi connectivity index (χ0v) is 21.9. The Labute approximate surface area is 227 Å². The monoisotopic (exact) mass is 570 g/mol. The lowest BCUT2D eigenvalue weighted by Crippen LogP contribution is -2.18. The fourth-order valence-electron chi connectivity index (χ4n) is 4.00. The SMILES string of the molecule is CCCS(=O)(=O)Nc1ccc(F)c(C(=O)c2c[nH]c3ncc(-c4ccc(NC(=O)CCC(=O)O)cc4)cc23)c1F. The maximum Gasteiger partial charge on any atom is 0.303 e. The van der Waals surface area contributed by atoms with Crippen LogP contribution in [0, 0.1) is 11.6 Å². The van der Waals surface area contributed by atoms with Crippen molar-refractivity contribution in [2.24, 2.45) is 0 Å². The van der Waals surface area contributed by atoms with E-state index in [9.17, 15) is 27.2 Å². The molecule has 0 saturated heterocycles. The molecule has 0 aliphatic heterocycles. The summed E-state index contributed by atoms with van der Waals surface area (Å²) in [6.07, 6.45) is 2.61. The van der Waals surface area contributed by atoms with Crippen LogP contribution >= 0.6 is 0 Å². The van der Waals surface area contributed by atoms with Crippen LogP contribution in [0.15, 0.2) is 54.9 Å². The number of carbonyl (C=O) groups is 3. The molecule has 0 atom stereocenters. The molecule has 0 aliphatic rings. The van der Waals surface area contributed by atoms with Crippen LogP contribution in [0.1, 0.15) is 42.1 Å². The van der Waals surface area contributed by atoms with Crippen molar-refractivity contribution in [3.63, 3.8) is 0 Å². The number of halogens is 2. The minimum atomic E-state index is -3.89. The molecule has 208 valence electrons. The van der Waals surface area contributed by atoms with Crippen molar-refractivity contribution in [1.82, 2.24) is 9.97 Å². The van der Waals surface area contributed by atoms with Crippen LogP contribution in [0.4, 0.5) is 20.2 Å². The number of H-pyrrole nitrogens is 1. The summed E-state index contributed by atoms with van der Waals surface area (Å²) in [5.41, 5.74) is 0.436. The highest BCUT2D eigenvalue weighted by Crippen LogP contribution is 2.30. The predicted molar refractivity (Wildman–Crippen MR) is 145 cm³/mol. The molecule has 0 unspecified atom stereocenters. The maximum atomic E-state index is 15.2. The van der Waals surface area contributed by atoms with Crippen molar-refractivity contribution < 1.29 is 36.7 Å². The molecule has 1 amide bonds. The van der Waals surface area contributed by atoms with Gasteiger partial charge < -0.3 is 15.4 Å². The van der Waals surface area contributed by atoms with E-state index in [2.05, 4.69) is 20.0 Å². The van der Waals surface area contributed by atoms with Crippen LogP contribution in [0.5, 0.6) is 0 Å². The van der Waals surface area contributed by atoms with E-state index in [4.69, 9.17) is 5.11 Å². The van der Waals surface area contributed by atoms with Crippen molar-refractivity contribution in [2.45, 2.75) is 26.2 Å². The normalized spacial score (nSPS) is 11.4. The molecule has 0 saturated carbocycles. The molecule has 4 N–H and O–H groups in total. The number of carboxylic acids is 1. The van der Waals surface area contributed by atoms with Gasteiger partial charge in [0, 0.05) is 41.0 Å². The fraction of sp³-hybridized carbons (Fsp3) is 0.185. The highest BCUT2D eigenvalue weighted by atomic mass is 32.2. The first-order valence-electron chi connectivity index (χ1n) is 12.1. The number of benzene rings is 2. The summed E-state index contributed by atoms with van der Waals surface area (Å²) in [5, 5.41) is 11.6. The van der Waals surface area contributed by atoms with E-state index in [-0.39, 0.29) is 41.6 Å². The summed E-state index contributed by atoms with van der Waals surface area (Å²) in [6.45, 7) is 1.63. The number of nitrogens with zero attached hydrogens (tertiary/aromatic N) is 1. The molecule has 40 heavy (non-hydrogen) atoms. The molecule has 13 heteroatoms. The van der Waals surface area contributed by atoms with Crippen LogP contribution in [0.2, 0.25) is 0 Å². The predicted octanol–water partition coefficient (Wildman–Crippen LogP) is 4.69. The van der Waals surface area contributed by atoms with Crippen molar-refractivity contribution in [3.05, 3.63) is 77.6 Å². The zero-order chi connectivity index (χ0) is 29.0. The van der Waals surface area contributed by atoms with Crippen LogP contribution < -0.4 is 10.0 Å². The summed E-state index contributed by atoms with van der Waals surface area (Å²) in [7, 11) is -3.89. The van der Waals surface area contributed by atoms with Crippen molar-refractivity contribution in [1.29, 1.82) is 0 Å². The lowest BCUT2D eigenvalue weighted by molar-refractivity contribution is -0.138. The number of fused-ring (bicyclic) bond motifs is 1. The van der Waals surface area contributed by atoms with E-state index >= 15 is 4.39 Å². The number of amides is 1. The molecule has 0 fully saturated rings. The summed E-state index contributed by atoms with van der Waals surface area (Å²) in [4.78, 5) is 42.9. The summed E-state index contributed by atoms with van der Waals surface area (Å²) < 4.78 is 56.2. The molecule has 0 spiro atoms. The van der Waals surface area contributed by atoms with E-state index in [0.29, 0.717) is 16.8 Å². The van der Waals surface area contributed by atoms with Crippen LogP contribution in [-0.4, -0.2) is 46.9 Å². The quantitative estimate of drug-likeness (QED) is 0.190. The lowest BCUT2D eigenvalue weighted by atomic mass is 9.99. The Bertz CT molecular complexity index is 1720. The number of sulfonamides is 1. The van der Waals surface area contributed by atoms with E-state index in [0.717, 1.165) is 12.1 Å². The zero-order valence-electron chi connectivity index (χ0n) is 21.1. The van der Waals surface area contributed by atoms with E-state index < -0.39 is 50.6 Å². The molecule has 0 aliphatic carbocycles. The highest BCUT2D eigenvalue weighted by Gasteiger charge is 2.26. The summed E-state index contributed by atoms with van der Waals surface area (Å²) in [5.74, 6) is -5.29. The second kappa shape index (κ2) is 11.6. The number of pyridine rings is 1.